The van der Waals surface area contributed by atoms with E-state index < -0.39 is 5.97 Å². The molecular formula is C14H18BrNO3S. The second kappa shape index (κ2) is 6.72. The van der Waals surface area contributed by atoms with Crippen LogP contribution in [0.5, 0.6) is 0 Å². The highest BCUT2D eigenvalue weighted by Gasteiger charge is 2.32. The van der Waals surface area contributed by atoms with E-state index in [1.165, 1.54) is 0 Å². The summed E-state index contributed by atoms with van der Waals surface area (Å²) in [6, 6.07) is 2.01. The van der Waals surface area contributed by atoms with Gasteiger partial charge in [-0.15, -0.1) is 11.3 Å². The summed E-state index contributed by atoms with van der Waals surface area (Å²) in [5.41, 5.74) is 0. The van der Waals surface area contributed by atoms with Gasteiger partial charge >= 0.3 is 5.97 Å². The number of hydrogen-bond acceptors (Lipinski definition) is 3. The number of halogens is 1. The van der Waals surface area contributed by atoms with E-state index in [0.29, 0.717) is 19.4 Å². The molecule has 2 unspecified atom stereocenters. The highest BCUT2D eigenvalue weighted by atomic mass is 79.9. The van der Waals surface area contributed by atoms with Gasteiger partial charge in [0.05, 0.1) is 12.5 Å². The summed E-state index contributed by atoms with van der Waals surface area (Å²) < 4.78 is 1.03. The maximum Gasteiger partial charge on any atom is 0.306 e. The van der Waals surface area contributed by atoms with Crippen LogP contribution in [0.15, 0.2) is 15.9 Å². The van der Waals surface area contributed by atoms with Gasteiger partial charge in [0.2, 0.25) is 5.91 Å². The van der Waals surface area contributed by atoms with Crippen molar-refractivity contribution in [2.24, 2.45) is 11.8 Å². The first-order chi connectivity index (χ1) is 9.47. The number of aliphatic carboxylic acids is 1. The van der Waals surface area contributed by atoms with Crippen molar-refractivity contribution in [3.8, 4) is 0 Å². The van der Waals surface area contributed by atoms with Gasteiger partial charge in [-0.25, -0.2) is 0 Å². The monoisotopic (exact) mass is 359 g/mol. The number of carbonyl (C=O) groups excluding carboxylic acids is 1. The summed E-state index contributed by atoms with van der Waals surface area (Å²) >= 11 is 5.01. The predicted molar refractivity (Wildman–Crippen MR) is 81.6 cm³/mol. The fourth-order valence-electron chi connectivity index (χ4n) is 2.70. The first-order valence-electron chi connectivity index (χ1n) is 6.68. The lowest BCUT2D eigenvalue weighted by atomic mass is 9.81. The van der Waals surface area contributed by atoms with Crippen molar-refractivity contribution in [3.05, 3.63) is 20.8 Å². The molecule has 0 radical (unpaired) electrons. The Morgan fingerprint density at radius 2 is 2.15 bits per heavy atom. The van der Waals surface area contributed by atoms with E-state index >= 15 is 0 Å². The Morgan fingerprint density at radius 3 is 2.75 bits per heavy atom. The highest BCUT2D eigenvalue weighted by Crippen LogP contribution is 2.31. The van der Waals surface area contributed by atoms with Gasteiger partial charge in [-0.1, -0.05) is 6.42 Å². The molecule has 6 heteroatoms. The van der Waals surface area contributed by atoms with E-state index in [4.69, 9.17) is 5.11 Å². The third-order valence-corrected chi connectivity index (χ3v) is 5.45. The number of rotatable bonds is 4. The molecule has 1 heterocycles. The minimum absolute atomic E-state index is 0.0699. The molecule has 1 aliphatic carbocycles. The fraction of sp³-hybridized carbons (Fsp3) is 0.571. The number of thiophene rings is 1. The molecule has 1 saturated carbocycles. The Kier molecular flexibility index (Phi) is 5.21. The second-order valence-corrected chi connectivity index (χ2v) is 7.24. The van der Waals surface area contributed by atoms with Crippen LogP contribution in [0.2, 0.25) is 0 Å². The largest absolute Gasteiger partial charge is 0.481 e. The zero-order valence-corrected chi connectivity index (χ0v) is 13.7. The van der Waals surface area contributed by atoms with Gasteiger partial charge in [0.1, 0.15) is 0 Å². The van der Waals surface area contributed by atoms with E-state index in [0.717, 1.165) is 22.2 Å². The van der Waals surface area contributed by atoms with Gasteiger partial charge in [0, 0.05) is 27.7 Å². The number of nitrogens with zero attached hydrogens (tertiary/aromatic N) is 1. The molecule has 4 nitrogen and oxygen atoms in total. The molecule has 0 aromatic carbocycles. The maximum absolute atomic E-state index is 12.4. The van der Waals surface area contributed by atoms with Crippen molar-refractivity contribution >= 4 is 39.1 Å². The van der Waals surface area contributed by atoms with E-state index in [1.807, 2.05) is 11.4 Å². The van der Waals surface area contributed by atoms with Crippen LogP contribution in [-0.2, 0) is 16.1 Å². The quantitative estimate of drug-likeness (QED) is 0.896. The Balaban J connectivity index is 1.94. The molecule has 1 amide bonds. The molecule has 1 fully saturated rings. The predicted octanol–water partition coefficient (Wildman–Crippen LogP) is 3.36. The molecule has 20 heavy (non-hydrogen) atoms. The first-order valence-corrected chi connectivity index (χ1v) is 8.35. The second-order valence-electron chi connectivity index (χ2n) is 5.32. The average Bonchev–Trinajstić information content (AvgIpc) is 2.83. The van der Waals surface area contributed by atoms with E-state index in [1.54, 1.807) is 23.3 Å². The summed E-state index contributed by atoms with van der Waals surface area (Å²) in [7, 11) is 1.79. The van der Waals surface area contributed by atoms with E-state index in [2.05, 4.69) is 15.9 Å². The number of carboxylic acid groups (broad SMARTS) is 1. The SMILES string of the molecule is CN(Cc1cc(Br)cs1)C(=O)C1CCCC(C(=O)O)C1. The Hall–Kier alpha value is -0.880. The molecule has 1 aromatic heterocycles. The molecule has 2 atom stereocenters. The van der Waals surface area contributed by atoms with Crippen LogP contribution in [0.1, 0.15) is 30.6 Å². The van der Waals surface area contributed by atoms with Crippen LogP contribution in [0.3, 0.4) is 0 Å². The van der Waals surface area contributed by atoms with E-state index in [9.17, 15) is 9.59 Å². The van der Waals surface area contributed by atoms with Crippen molar-refractivity contribution in [3.63, 3.8) is 0 Å². The molecule has 2 rings (SSSR count). The molecule has 0 saturated heterocycles. The standard InChI is InChI=1S/C14H18BrNO3S/c1-16(7-12-6-11(15)8-20-12)13(17)9-3-2-4-10(5-9)14(18)19/h6,8-10H,2-5,7H2,1H3,(H,18,19). The third kappa shape index (κ3) is 3.82. The van der Waals surface area contributed by atoms with Crippen molar-refractivity contribution in [2.75, 3.05) is 7.05 Å². The van der Waals surface area contributed by atoms with Gasteiger partial charge in [0.15, 0.2) is 0 Å². The lowest BCUT2D eigenvalue weighted by molar-refractivity contribution is -0.145. The molecule has 1 N–H and O–H groups in total. The fourth-order valence-corrected chi connectivity index (χ4v) is 4.20. The molecule has 0 bridgehead atoms. The van der Waals surface area contributed by atoms with Crippen LogP contribution in [-0.4, -0.2) is 28.9 Å². The summed E-state index contributed by atoms with van der Waals surface area (Å²) in [5.74, 6) is -1.20. The van der Waals surface area contributed by atoms with Crippen molar-refractivity contribution in [1.82, 2.24) is 4.90 Å². The summed E-state index contributed by atoms with van der Waals surface area (Å²) in [6.45, 7) is 0.587. The highest BCUT2D eigenvalue weighted by molar-refractivity contribution is 9.10. The number of amides is 1. The van der Waals surface area contributed by atoms with Crippen LogP contribution in [0.4, 0.5) is 0 Å². The average molecular weight is 360 g/mol. The molecule has 110 valence electrons. The van der Waals surface area contributed by atoms with Gasteiger partial charge in [-0.3, -0.25) is 9.59 Å². The van der Waals surface area contributed by atoms with Crippen LogP contribution in [0, 0.1) is 11.8 Å². The zero-order chi connectivity index (χ0) is 14.7. The summed E-state index contributed by atoms with van der Waals surface area (Å²) in [5, 5.41) is 11.1. The number of hydrogen-bond donors (Lipinski definition) is 1. The Bertz CT molecular complexity index is 502. The lowest BCUT2D eigenvalue weighted by Crippen LogP contribution is -2.36. The maximum atomic E-state index is 12.4. The van der Waals surface area contributed by atoms with Crippen LogP contribution >= 0.6 is 27.3 Å². The topological polar surface area (TPSA) is 57.6 Å². The third-order valence-electron chi connectivity index (χ3n) is 3.76. The molecule has 1 aliphatic rings. The lowest BCUT2D eigenvalue weighted by Gasteiger charge is -2.29. The summed E-state index contributed by atoms with van der Waals surface area (Å²) in [6.07, 6.45) is 2.81. The van der Waals surface area contributed by atoms with Gasteiger partial charge in [0.25, 0.3) is 0 Å². The minimum Gasteiger partial charge on any atom is -0.481 e. The molecule has 0 spiro atoms. The molecule has 0 aliphatic heterocycles. The summed E-state index contributed by atoms with van der Waals surface area (Å²) in [4.78, 5) is 26.3. The Labute approximate surface area is 130 Å². The number of carboxylic acids is 1. The van der Waals surface area contributed by atoms with Gasteiger partial charge in [-0.05, 0) is 41.3 Å². The van der Waals surface area contributed by atoms with Crippen LogP contribution < -0.4 is 0 Å². The van der Waals surface area contributed by atoms with Crippen molar-refractivity contribution in [2.45, 2.75) is 32.2 Å². The van der Waals surface area contributed by atoms with Crippen molar-refractivity contribution in [1.29, 1.82) is 0 Å². The normalized spacial score (nSPS) is 22.5. The minimum atomic E-state index is -0.771. The van der Waals surface area contributed by atoms with Gasteiger partial charge in [-0.2, -0.15) is 0 Å². The van der Waals surface area contributed by atoms with Crippen LogP contribution in [0.25, 0.3) is 0 Å². The zero-order valence-electron chi connectivity index (χ0n) is 11.3. The smallest absolute Gasteiger partial charge is 0.306 e. The van der Waals surface area contributed by atoms with Crippen molar-refractivity contribution < 1.29 is 14.7 Å². The molecular weight excluding hydrogens is 342 g/mol. The van der Waals surface area contributed by atoms with Gasteiger partial charge < -0.3 is 10.0 Å². The number of carbonyl (C=O) groups is 2. The molecule has 1 aromatic rings. The Morgan fingerprint density at radius 1 is 1.45 bits per heavy atom. The van der Waals surface area contributed by atoms with E-state index in [-0.39, 0.29) is 17.7 Å². The first kappa shape index (κ1) is 15.5.